The fourth-order valence-electron chi connectivity index (χ4n) is 3.25. The van der Waals surface area contributed by atoms with Crippen molar-refractivity contribution in [2.24, 2.45) is 5.41 Å². The molecule has 0 bridgehead atoms. The molecule has 0 saturated heterocycles. The second-order valence-corrected chi connectivity index (χ2v) is 9.43. The van der Waals surface area contributed by atoms with E-state index in [1.165, 1.54) is 36.7 Å². The number of anilines is 1. The fraction of sp³-hybridized carbons (Fsp3) is 0.231. The van der Waals surface area contributed by atoms with Gasteiger partial charge in [0.05, 0.1) is 18.6 Å². The van der Waals surface area contributed by atoms with Crippen LogP contribution in [-0.2, 0) is 9.59 Å². The predicted molar refractivity (Wildman–Crippen MR) is 137 cm³/mol. The van der Waals surface area contributed by atoms with Gasteiger partial charge in [-0.3, -0.25) is 9.59 Å². The van der Waals surface area contributed by atoms with Gasteiger partial charge in [0.25, 0.3) is 6.47 Å². The standard InChI is InChI=1S/C25H24FN3O3S.CH2O2/c1-16(30)29-19-5-4-6-20(11-19)31-13-25(2,3)14-32-23-22-21(12-33-24(22)28-15-27-23)17-7-9-18(26)10-8-17;2-1-3/h4-12,15H,13-14H2,1-3H3,(H,29,30);1H,(H,2,3). The van der Waals surface area contributed by atoms with Gasteiger partial charge in [0.1, 0.15) is 22.7 Å². The van der Waals surface area contributed by atoms with Crippen molar-refractivity contribution in [1.29, 1.82) is 0 Å². The number of benzene rings is 2. The Morgan fingerprint density at radius 1 is 1.14 bits per heavy atom. The lowest BCUT2D eigenvalue weighted by Gasteiger charge is -2.25. The lowest BCUT2D eigenvalue weighted by Crippen LogP contribution is -2.29. The van der Waals surface area contributed by atoms with Gasteiger partial charge in [0.2, 0.25) is 11.8 Å². The molecule has 10 heteroatoms. The number of nitrogens with one attached hydrogen (secondary N) is 1. The first-order valence-electron chi connectivity index (χ1n) is 10.9. The Hall–Kier alpha value is -4.05. The number of nitrogens with zero attached hydrogens (tertiary/aromatic N) is 2. The third-order valence-corrected chi connectivity index (χ3v) is 5.76. The predicted octanol–water partition coefficient (Wildman–Crippen LogP) is 5.64. The molecule has 0 aliphatic rings. The number of rotatable bonds is 8. The third kappa shape index (κ3) is 7.22. The molecular weight excluding hydrogens is 485 g/mol. The van der Waals surface area contributed by atoms with Crippen LogP contribution in [0, 0.1) is 11.2 Å². The molecule has 4 rings (SSSR count). The molecule has 0 atom stereocenters. The van der Waals surface area contributed by atoms with Gasteiger partial charge in [-0.1, -0.05) is 32.0 Å². The highest BCUT2D eigenvalue weighted by Gasteiger charge is 2.23. The van der Waals surface area contributed by atoms with E-state index in [1.54, 1.807) is 18.2 Å². The van der Waals surface area contributed by atoms with Crippen molar-refractivity contribution in [3.8, 4) is 22.8 Å². The molecule has 0 saturated carbocycles. The second kappa shape index (κ2) is 12.1. The molecule has 8 nitrogen and oxygen atoms in total. The summed E-state index contributed by atoms with van der Waals surface area (Å²) in [6.45, 7) is 6.06. The molecular formula is C26H26FN3O5S. The highest BCUT2D eigenvalue weighted by atomic mass is 32.1. The highest BCUT2D eigenvalue weighted by molar-refractivity contribution is 7.17. The van der Waals surface area contributed by atoms with Gasteiger partial charge in [0, 0.05) is 35.0 Å². The molecule has 0 unspecified atom stereocenters. The van der Waals surface area contributed by atoms with E-state index in [1.807, 2.05) is 37.4 Å². The molecule has 0 aliphatic carbocycles. The number of carbonyl (C=O) groups is 2. The van der Waals surface area contributed by atoms with Crippen molar-refractivity contribution in [3.63, 3.8) is 0 Å². The monoisotopic (exact) mass is 511 g/mol. The minimum atomic E-state index is -0.326. The number of thiophene rings is 1. The molecule has 0 aliphatic heterocycles. The van der Waals surface area contributed by atoms with Crippen LogP contribution in [0.15, 0.2) is 60.2 Å². The number of carbonyl (C=O) groups excluding carboxylic acids is 1. The van der Waals surface area contributed by atoms with Crippen molar-refractivity contribution in [2.75, 3.05) is 18.5 Å². The average molecular weight is 512 g/mol. The van der Waals surface area contributed by atoms with Gasteiger partial charge >= 0.3 is 0 Å². The van der Waals surface area contributed by atoms with E-state index < -0.39 is 0 Å². The summed E-state index contributed by atoms with van der Waals surface area (Å²) in [6, 6.07) is 13.6. The van der Waals surface area contributed by atoms with E-state index in [4.69, 9.17) is 19.4 Å². The van der Waals surface area contributed by atoms with Gasteiger partial charge in [-0.25, -0.2) is 14.4 Å². The summed E-state index contributed by atoms with van der Waals surface area (Å²) in [4.78, 5) is 29.2. The zero-order chi connectivity index (χ0) is 26.1. The molecule has 36 heavy (non-hydrogen) atoms. The van der Waals surface area contributed by atoms with Crippen LogP contribution in [0.1, 0.15) is 20.8 Å². The number of aromatic nitrogens is 2. The average Bonchev–Trinajstić information content (AvgIpc) is 3.27. The summed E-state index contributed by atoms with van der Waals surface area (Å²) in [7, 11) is 0. The van der Waals surface area contributed by atoms with E-state index in [9.17, 15) is 9.18 Å². The maximum Gasteiger partial charge on any atom is 0.290 e. The zero-order valence-corrected chi connectivity index (χ0v) is 20.8. The van der Waals surface area contributed by atoms with Gasteiger partial charge in [-0.15, -0.1) is 11.3 Å². The molecule has 2 aromatic carbocycles. The summed E-state index contributed by atoms with van der Waals surface area (Å²) in [6.07, 6.45) is 1.49. The van der Waals surface area contributed by atoms with Gasteiger partial charge in [-0.05, 0) is 29.8 Å². The van der Waals surface area contributed by atoms with E-state index in [0.717, 1.165) is 21.3 Å². The second-order valence-electron chi connectivity index (χ2n) is 8.57. The number of amides is 1. The van der Waals surface area contributed by atoms with Crippen molar-refractivity contribution in [1.82, 2.24) is 9.97 Å². The first kappa shape index (κ1) is 26.6. The minimum Gasteiger partial charge on any atom is -0.493 e. The van der Waals surface area contributed by atoms with E-state index in [2.05, 4.69) is 15.3 Å². The lowest BCUT2D eigenvalue weighted by atomic mass is 9.96. The highest BCUT2D eigenvalue weighted by Crippen LogP contribution is 2.38. The smallest absolute Gasteiger partial charge is 0.290 e. The van der Waals surface area contributed by atoms with Crippen LogP contribution in [0.25, 0.3) is 21.3 Å². The van der Waals surface area contributed by atoms with Crippen molar-refractivity contribution in [2.45, 2.75) is 20.8 Å². The Kier molecular flexibility index (Phi) is 8.91. The van der Waals surface area contributed by atoms with Crippen LogP contribution in [0.3, 0.4) is 0 Å². The molecule has 0 fully saturated rings. The van der Waals surface area contributed by atoms with Crippen LogP contribution in [0.4, 0.5) is 10.1 Å². The Labute approximate surface area is 211 Å². The van der Waals surface area contributed by atoms with Crippen LogP contribution in [0.5, 0.6) is 11.6 Å². The molecule has 188 valence electrons. The summed E-state index contributed by atoms with van der Waals surface area (Å²) >= 11 is 1.49. The molecule has 0 radical (unpaired) electrons. The number of hydrogen-bond acceptors (Lipinski definition) is 7. The Balaban J connectivity index is 0.00000115. The van der Waals surface area contributed by atoms with Gasteiger partial charge in [0.15, 0.2) is 0 Å². The number of carboxylic acid groups (broad SMARTS) is 1. The number of hydrogen-bond donors (Lipinski definition) is 2. The quantitative estimate of drug-likeness (QED) is 0.295. The fourth-order valence-corrected chi connectivity index (χ4v) is 4.16. The van der Waals surface area contributed by atoms with E-state index in [-0.39, 0.29) is 23.6 Å². The van der Waals surface area contributed by atoms with Crippen LogP contribution >= 0.6 is 11.3 Å². The molecule has 2 aromatic heterocycles. The van der Waals surface area contributed by atoms with Crippen molar-refractivity contribution < 1.29 is 28.6 Å². The summed E-state index contributed by atoms with van der Waals surface area (Å²) in [5.74, 6) is 0.734. The minimum absolute atomic E-state index is 0.134. The first-order valence-corrected chi connectivity index (χ1v) is 11.8. The summed E-state index contributed by atoms with van der Waals surface area (Å²) < 4.78 is 25.5. The van der Waals surface area contributed by atoms with Crippen molar-refractivity contribution >= 4 is 39.6 Å². The van der Waals surface area contributed by atoms with Crippen LogP contribution in [0.2, 0.25) is 0 Å². The maximum absolute atomic E-state index is 13.4. The van der Waals surface area contributed by atoms with Crippen LogP contribution < -0.4 is 14.8 Å². The third-order valence-electron chi connectivity index (χ3n) is 4.87. The van der Waals surface area contributed by atoms with Gasteiger partial charge in [-0.2, -0.15) is 0 Å². The first-order chi connectivity index (χ1) is 17.2. The normalized spacial score (nSPS) is 10.8. The molecule has 0 spiro atoms. The number of halogens is 1. The van der Waals surface area contributed by atoms with E-state index in [0.29, 0.717) is 30.5 Å². The SMILES string of the molecule is CC(=O)Nc1cccc(OCC(C)(C)COc2ncnc3scc(-c4ccc(F)cc4)c23)c1.O=CO. The molecule has 1 amide bonds. The van der Waals surface area contributed by atoms with Crippen molar-refractivity contribution in [3.05, 3.63) is 66.1 Å². The Morgan fingerprint density at radius 3 is 2.53 bits per heavy atom. The topological polar surface area (TPSA) is 111 Å². The molecule has 2 N–H and O–H groups in total. The Bertz CT molecular complexity index is 1320. The zero-order valence-electron chi connectivity index (χ0n) is 20.0. The largest absolute Gasteiger partial charge is 0.493 e. The lowest BCUT2D eigenvalue weighted by molar-refractivity contribution is -0.123. The molecule has 4 aromatic rings. The van der Waals surface area contributed by atoms with E-state index >= 15 is 0 Å². The number of ether oxygens (including phenoxy) is 2. The summed E-state index contributed by atoms with van der Waals surface area (Å²) in [5, 5.41) is 12.4. The Morgan fingerprint density at radius 2 is 1.83 bits per heavy atom. The molecule has 2 heterocycles. The van der Waals surface area contributed by atoms with Gasteiger partial charge < -0.3 is 19.9 Å². The van der Waals surface area contributed by atoms with Crippen LogP contribution in [-0.4, -0.2) is 40.7 Å². The summed E-state index contributed by atoms with van der Waals surface area (Å²) in [5.41, 5.74) is 2.15. The number of fused-ring (bicyclic) bond motifs is 1. The maximum atomic E-state index is 13.4.